The molecule has 0 spiro atoms. The van der Waals surface area contributed by atoms with Gasteiger partial charge in [-0.2, -0.15) is 0 Å². The van der Waals surface area contributed by atoms with Crippen molar-refractivity contribution in [3.05, 3.63) is 91.0 Å². The summed E-state index contributed by atoms with van der Waals surface area (Å²) in [6, 6.07) is 32.5. The van der Waals surface area contributed by atoms with Gasteiger partial charge in [0.15, 0.2) is 6.29 Å². The molecule has 3 aromatic rings. The second-order valence-electron chi connectivity index (χ2n) is 6.34. The van der Waals surface area contributed by atoms with Gasteiger partial charge in [-0.1, -0.05) is 54.6 Å². The lowest BCUT2D eigenvalue weighted by Crippen LogP contribution is -2.38. The van der Waals surface area contributed by atoms with Gasteiger partial charge in [-0.15, -0.1) is 0 Å². The summed E-state index contributed by atoms with van der Waals surface area (Å²) in [5.74, 6) is 0. The van der Waals surface area contributed by atoms with E-state index in [9.17, 15) is 0 Å². The number of hydrogen-bond donors (Lipinski definition) is 0. The number of benzene rings is 3. The Labute approximate surface area is 163 Å². The van der Waals surface area contributed by atoms with Gasteiger partial charge in [-0.3, -0.25) is 0 Å². The van der Waals surface area contributed by atoms with Gasteiger partial charge in [-0.05, 0) is 50.2 Å². The van der Waals surface area contributed by atoms with Gasteiger partial charge >= 0.3 is 0 Å². The van der Waals surface area contributed by atoms with Crippen LogP contribution in [0, 0.1) is 0 Å². The molecule has 0 saturated heterocycles. The maximum Gasteiger partial charge on any atom is 0.192 e. The summed E-state index contributed by atoms with van der Waals surface area (Å²) in [6.45, 7) is 5.34. The van der Waals surface area contributed by atoms with E-state index in [2.05, 4.69) is 91.0 Å². The topological polar surface area (TPSA) is 18.5 Å². The third-order valence-electron chi connectivity index (χ3n) is 4.72. The van der Waals surface area contributed by atoms with Crippen LogP contribution < -0.4 is 15.9 Å². The highest BCUT2D eigenvalue weighted by Gasteiger charge is 2.47. The zero-order chi connectivity index (χ0) is 19.0. The van der Waals surface area contributed by atoms with Crippen LogP contribution in [0.4, 0.5) is 0 Å². The fourth-order valence-corrected chi connectivity index (χ4v) is 7.79. The van der Waals surface area contributed by atoms with E-state index in [4.69, 9.17) is 9.47 Å². The van der Waals surface area contributed by atoms with Crippen molar-refractivity contribution < 1.29 is 9.47 Å². The van der Waals surface area contributed by atoms with Crippen molar-refractivity contribution in [2.24, 2.45) is 0 Å². The fourth-order valence-electron chi connectivity index (χ4n) is 3.56. The van der Waals surface area contributed by atoms with E-state index in [1.807, 2.05) is 13.8 Å². The summed E-state index contributed by atoms with van der Waals surface area (Å²) < 4.78 is 12.0. The Kier molecular flexibility index (Phi) is 7.18. The molecule has 0 heterocycles. The molecule has 0 bridgehead atoms. The molecule has 0 unspecified atom stereocenters. The quantitative estimate of drug-likeness (QED) is 0.406. The van der Waals surface area contributed by atoms with Crippen LogP contribution in [0.5, 0.6) is 0 Å². The first-order valence-electron chi connectivity index (χ1n) is 9.59. The number of rotatable bonds is 9. The molecule has 0 saturated carbocycles. The molecule has 2 nitrogen and oxygen atoms in total. The number of hydrogen-bond acceptors (Lipinski definition) is 2. The van der Waals surface area contributed by atoms with Gasteiger partial charge < -0.3 is 9.47 Å². The smallest absolute Gasteiger partial charge is 0.192 e. The second-order valence-corrected chi connectivity index (χ2v) is 9.87. The van der Waals surface area contributed by atoms with Crippen molar-refractivity contribution in [2.45, 2.75) is 20.1 Å². The molecule has 0 fully saturated rings. The monoisotopic (exact) mass is 379 g/mol. The van der Waals surface area contributed by atoms with Gasteiger partial charge in [0.25, 0.3) is 0 Å². The highest BCUT2D eigenvalue weighted by atomic mass is 31.2. The van der Waals surface area contributed by atoms with Crippen LogP contribution in [0.1, 0.15) is 13.8 Å². The lowest BCUT2D eigenvalue weighted by molar-refractivity contribution is -0.120. The van der Waals surface area contributed by atoms with E-state index in [0.717, 1.165) is 6.16 Å². The SMILES string of the molecule is CCOC(C[P+](c1ccccc1)(c1ccccc1)c1ccccc1)OCC. The van der Waals surface area contributed by atoms with Crippen LogP contribution in [-0.4, -0.2) is 25.7 Å². The van der Waals surface area contributed by atoms with Crippen LogP contribution in [0.3, 0.4) is 0 Å². The summed E-state index contributed by atoms with van der Waals surface area (Å²) in [7, 11) is -1.92. The predicted octanol–water partition coefficient (Wildman–Crippen LogP) is 4.38. The Bertz CT molecular complexity index is 688. The Morgan fingerprint density at radius 3 is 1.22 bits per heavy atom. The molecule has 3 aromatic carbocycles. The Hall–Kier alpha value is -1.99. The van der Waals surface area contributed by atoms with Crippen molar-refractivity contribution in [2.75, 3.05) is 19.4 Å². The summed E-state index contributed by atoms with van der Waals surface area (Å²) >= 11 is 0. The normalized spacial score (nSPS) is 11.7. The molecule has 0 atom stereocenters. The lowest BCUT2D eigenvalue weighted by Gasteiger charge is -2.30. The van der Waals surface area contributed by atoms with Crippen molar-refractivity contribution in [1.29, 1.82) is 0 Å². The summed E-state index contributed by atoms with van der Waals surface area (Å²) in [5.41, 5.74) is 0. The van der Waals surface area contributed by atoms with Crippen LogP contribution in [0.2, 0.25) is 0 Å². The minimum Gasteiger partial charge on any atom is -0.349 e. The maximum atomic E-state index is 6.01. The first-order chi connectivity index (χ1) is 13.3. The van der Waals surface area contributed by atoms with Gasteiger partial charge in [0, 0.05) is 13.2 Å². The van der Waals surface area contributed by atoms with Crippen LogP contribution >= 0.6 is 7.26 Å². The molecule has 3 heteroatoms. The molecule has 0 amide bonds. The standard InChI is InChI=1S/C24H28O2P/c1-3-25-24(26-4-2)20-27(21-14-8-5-9-15-21,22-16-10-6-11-17-22)23-18-12-7-13-19-23/h5-19,24H,3-4,20H2,1-2H3/q+1. The van der Waals surface area contributed by atoms with Crippen molar-refractivity contribution in [3.8, 4) is 0 Å². The second kappa shape index (κ2) is 9.80. The third-order valence-corrected chi connectivity index (χ3v) is 9.10. The summed E-state index contributed by atoms with van der Waals surface area (Å²) in [5, 5.41) is 4.06. The van der Waals surface area contributed by atoms with E-state index in [1.165, 1.54) is 15.9 Å². The Balaban J connectivity index is 2.22. The zero-order valence-electron chi connectivity index (χ0n) is 16.1. The van der Waals surface area contributed by atoms with E-state index in [1.54, 1.807) is 0 Å². The first kappa shape index (κ1) is 19.8. The van der Waals surface area contributed by atoms with Crippen molar-refractivity contribution in [1.82, 2.24) is 0 Å². The Morgan fingerprint density at radius 1 is 0.593 bits per heavy atom. The maximum absolute atomic E-state index is 6.01. The molecule has 0 radical (unpaired) electrons. The van der Waals surface area contributed by atoms with Crippen LogP contribution in [-0.2, 0) is 9.47 Å². The Morgan fingerprint density at radius 2 is 0.926 bits per heavy atom. The van der Waals surface area contributed by atoms with Gasteiger partial charge in [0.05, 0.1) is 0 Å². The molecule has 0 aromatic heterocycles. The third kappa shape index (κ3) is 4.47. The molecule has 0 aliphatic heterocycles. The van der Waals surface area contributed by atoms with Crippen LogP contribution in [0.15, 0.2) is 91.0 Å². The lowest BCUT2D eigenvalue weighted by atomic mass is 10.4. The average Bonchev–Trinajstić information content (AvgIpc) is 2.74. The molecule has 3 rings (SSSR count). The predicted molar refractivity (Wildman–Crippen MR) is 117 cm³/mol. The van der Waals surface area contributed by atoms with Crippen LogP contribution in [0.25, 0.3) is 0 Å². The molecule has 140 valence electrons. The summed E-state index contributed by atoms with van der Waals surface area (Å²) in [4.78, 5) is 0. The minimum absolute atomic E-state index is 0.228. The van der Waals surface area contributed by atoms with Crippen molar-refractivity contribution >= 4 is 23.2 Å². The summed E-state index contributed by atoms with van der Waals surface area (Å²) in [6.07, 6.45) is 0.598. The number of ether oxygens (including phenoxy) is 2. The van der Waals surface area contributed by atoms with Gasteiger partial charge in [-0.25, -0.2) is 0 Å². The highest BCUT2D eigenvalue weighted by molar-refractivity contribution is 7.95. The van der Waals surface area contributed by atoms with Crippen molar-refractivity contribution in [3.63, 3.8) is 0 Å². The molecular weight excluding hydrogens is 351 g/mol. The van der Waals surface area contributed by atoms with E-state index < -0.39 is 7.26 Å². The molecule has 0 N–H and O–H groups in total. The molecule has 0 aliphatic carbocycles. The van der Waals surface area contributed by atoms with E-state index in [0.29, 0.717) is 13.2 Å². The molecular formula is C24H28O2P+. The van der Waals surface area contributed by atoms with E-state index >= 15 is 0 Å². The molecule has 0 aliphatic rings. The largest absolute Gasteiger partial charge is 0.349 e. The first-order valence-corrected chi connectivity index (χ1v) is 11.6. The molecule has 27 heavy (non-hydrogen) atoms. The minimum atomic E-state index is -1.92. The highest BCUT2D eigenvalue weighted by Crippen LogP contribution is 2.56. The van der Waals surface area contributed by atoms with E-state index in [-0.39, 0.29) is 6.29 Å². The zero-order valence-corrected chi connectivity index (χ0v) is 17.0. The fraction of sp³-hybridized carbons (Fsp3) is 0.250. The average molecular weight is 379 g/mol. The van der Waals surface area contributed by atoms with Gasteiger partial charge in [0.2, 0.25) is 0 Å². The van der Waals surface area contributed by atoms with Gasteiger partial charge in [0.1, 0.15) is 29.3 Å².